The van der Waals surface area contributed by atoms with Crippen molar-refractivity contribution in [3.8, 4) is 0 Å². The second kappa shape index (κ2) is 3.17. The lowest BCUT2D eigenvalue weighted by molar-refractivity contribution is 0.607. The van der Waals surface area contributed by atoms with Crippen LogP contribution >= 0.6 is 0 Å². The molecule has 1 rings (SSSR count). The van der Waals surface area contributed by atoms with Gasteiger partial charge in [-0.15, -0.1) is 0 Å². The Morgan fingerprint density at radius 1 is 1.33 bits per heavy atom. The Labute approximate surface area is 73.6 Å². The van der Waals surface area contributed by atoms with Crippen LogP contribution in [0.3, 0.4) is 0 Å². The Bertz CT molecular complexity index is 235. The molecule has 1 aromatic rings. The highest BCUT2D eigenvalue weighted by Crippen LogP contribution is 2.22. The Morgan fingerprint density at radius 3 is 2.17 bits per heavy atom. The average Bonchev–Trinajstić information content (AvgIpc) is 2.30. The smallest absolute Gasteiger partial charge is 0.127 e. The molecular formula is C9H17N3. The van der Waals surface area contributed by atoms with Crippen molar-refractivity contribution in [3.63, 3.8) is 0 Å². The number of hydrogen-bond donors (Lipinski definition) is 1. The summed E-state index contributed by atoms with van der Waals surface area (Å²) >= 11 is 0. The molecule has 0 radical (unpaired) electrons. The first kappa shape index (κ1) is 9.10. The molecule has 68 valence electrons. The number of rotatable bonds is 2. The first-order chi connectivity index (χ1) is 5.54. The molecule has 0 atom stereocenters. The third-order valence-corrected chi connectivity index (χ3v) is 1.97. The molecule has 0 saturated carbocycles. The van der Waals surface area contributed by atoms with Crippen LogP contribution in [0.25, 0.3) is 0 Å². The van der Waals surface area contributed by atoms with E-state index in [4.69, 9.17) is 5.73 Å². The largest absolute Gasteiger partial charge is 0.384 e. The molecule has 1 heterocycles. The Kier molecular flexibility index (Phi) is 2.40. The second-order valence-electron chi connectivity index (χ2n) is 3.67. The highest BCUT2D eigenvalue weighted by Gasteiger charge is 2.11. The monoisotopic (exact) mass is 167 g/mol. The van der Waals surface area contributed by atoms with E-state index in [1.54, 1.807) is 0 Å². The maximum Gasteiger partial charge on any atom is 0.127 e. The van der Waals surface area contributed by atoms with Gasteiger partial charge in [0.05, 0.1) is 12.0 Å². The van der Waals surface area contributed by atoms with Gasteiger partial charge in [0.15, 0.2) is 0 Å². The van der Waals surface area contributed by atoms with Crippen LogP contribution in [0.4, 0.5) is 5.82 Å². The Morgan fingerprint density at radius 2 is 1.92 bits per heavy atom. The Balaban J connectivity index is 3.04. The molecule has 0 aliphatic rings. The fourth-order valence-electron chi connectivity index (χ4n) is 1.24. The SMILES string of the molecule is CC(C)c1ncn(C(C)C)c1N. The van der Waals surface area contributed by atoms with Crippen molar-refractivity contribution >= 4 is 5.82 Å². The number of nitrogen functional groups attached to an aromatic ring is 1. The standard InChI is InChI=1S/C9H17N3/c1-6(2)8-9(10)12(5-11-8)7(3)4/h5-7H,10H2,1-4H3. The van der Waals surface area contributed by atoms with E-state index in [1.165, 1.54) is 0 Å². The minimum Gasteiger partial charge on any atom is -0.384 e. The first-order valence-electron chi connectivity index (χ1n) is 4.36. The lowest BCUT2D eigenvalue weighted by atomic mass is 10.1. The molecule has 0 unspecified atom stereocenters. The maximum absolute atomic E-state index is 5.91. The molecule has 0 aliphatic heterocycles. The summed E-state index contributed by atoms with van der Waals surface area (Å²) in [5.41, 5.74) is 6.91. The van der Waals surface area contributed by atoms with Gasteiger partial charge in [-0.05, 0) is 19.8 Å². The van der Waals surface area contributed by atoms with Gasteiger partial charge in [0.25, 0.3) is 0 Å². The van der Waals surface area contributed by atoms with Gasteiger partial charge < -0.3 is 10.3 Å². The van der Waals surface area contributed by atoms with Crippen molar-refractivity contribution in [3.05, 3.63) is 12.0 Å². The van der Waals surface area contributed by atoms with Crippen molar-refractivity contribution in [2.45, 2.75) is 39.7 Å². The Hall–Kier alpha value is -0.990. The van der Waals surface area contributed by atoms with E-state index in [0.717, 1.165) is 11.5 Å². The van der Waals surface area contributed by atoms with E-state index in [1.807, 2.05) is 10.9 Å². The normalized spacial score (nSPS) is 11.5. The van der Waals surface area contributed by atoms with Gasteiger partial charge in [-0.2, -0.15) is 0 Å². The van der Waals surface area contributed by atoms with Crippen LogP contribution < -0.4 is 5.73 Å². The zero-order chi connectivity index (χ0) is 9.30. The quantitative estimate of drug-likeness (QED) is 0.733. The van der Waals surface area contributed by atoms with Crippen LogP contribution in [-0.2, 0) is 0 Å². The minimum absolute atomic E-state index is 0.394. The van der Waals surface area contributed by atoms with Crippen LogP contribution in [0.15, 0.2) is 6.33 Å². The van der Waals surface area contributed by atoms with Crippen LogP contribution in [0.5, 0.6) is 0 Å². The highest BCUT2D eigenvalue weighted by atomic mass is 15.1. The van der Waals surface area contributed by atoms with E-state index in [9.17, 15) is 0 Å². The van der Waals surface area contributed by atoms with Gasteiger partial charge in [-0.3, -0.25) is 0 Å². The minimum atomic E-state index is 0.394. The van der Waals surface area contributed by atoms with Crippen LogP contribution in [0.1, 0.15) is 45.3 Å². The van der Waals surface area contributed by atoms with Crippen molar-refractivity contribution in [1.29, 1.82) is 0 Å². The van der Waals surface area contributed by atoms with Gasteiger partial charge >= 0.3 is 0 Å². The van der Waals surface area contributed by atoms with Gasteiger partial charge in [-0.25, -0.2) is 4.98 Å². The summed E-state index contributed by atoms with van der Waals surface area (Å²) in [4.78, 5) is 4.27. The van der Waals surface area contributed by atoms with Gasteiger partial charge in [0, 0.05) is 6.04 Å². The second-order valence-corrected chi connectivity index (χ2v) is 3.67. The molecule has 0 aliphatic carbocycles. The molecule has 1 aromatic heterocycles. The summed E-state index contributed by atoms with van der Waals surface area (Å²) in [5, 5.41) is 0. The lowest BCUT2D eigenvalue weighted by Gasteiger charge is -2.09. The topological polar surface area (TPSA) is 43.8 Å². The molecule has 3 heteroatoms. The number of hydrogen-bond acceptors (Lipinski definition) is 2. The maximum atomic E-state index is 5.91. The van der Waals surface area contributed by atoms with Crippen molar-refractivity contribution in [2.75, 3.05) is 5.73 Å². The fraction of sp³-hybridized carbons (Fsp3) is 0.667. The lowest BCUT2D eigenvalue weighted by Crippen LogP contribution is -2.05. The number of aromatic nitrogens is 2. The van der Waals surface area contributed by atoms with E-state index >= 15 is 0 Å². The number of imidazole rings is 1. The van der Waals surface area contributed by atoms with E-state index in [0.29, 0.717) is 12.0 Å². The van der Waals surface area contributed by atoms with Gasteiger partial charge in [-0.1, -0.05) is 13.8 Å². The summed E-state index contributed by atoms with van der Waals surface area (Å²) in [6, 6.07) is 0.394. The molecule has 3 nitrogen and oxygen atoms in total. The first-order valence-corrected chi connectivity index (χ1v) is 4.36. The molecule has 0 spiro atoms. The average molecular weight is 167 g/mol. The van der Waals surface area contributed by atoms with Crippen LogP contribution in [-0.4, -0.2) is 9.55 Å². The summed E-state index contributed by atoms with van der Waals surface area (Å²) in [5.74, 6) is 1.21. The molecule has 0 fully saturated rings. The predicted molar refractivity (Wildman–Crippen MR) is 51.1 cm³/mol. The van der Waals surface area contributed by atoms with Crippen molar-refractivity contribution < 1.29 is 0 Å². The van der Waals surface area contributed by atoms with E-state index in [2.05, 4.69) is 32.7 Å². The van der Waals surface area contributed by atoms with Crippen LogP contribution in [0, 0.1) is 0 Å². The molecule has 0 aromatic carbocycles. The molecule has 2 N–H and O–H groups in total. The predicted octanol–water partition coefficient (Wildman–Crippen LogP) is 2.17. The van der Waals surface area contributed by atoms with Gasteiger partial charge in [0.1, 0.15) is 5.82 Å². The zero-order valence-electron chi connectivity index (χ0n) is 8.20. The van der Waals surface area contributed by atoms with E-state index < -0.39 is 0 Å². The molecular weight excluding hydrogens is 150 g/mol. The molecule has 0 amide bonds. The summed E-state index contributed by atoms with van der Waals surface area (Å²) in [7, 11) is 0. The van der Waals surface area contributed by atoms with Crippen molar-refractivity contribution in [2.24, 2.45) is 0 Å². The fourth-order valence-corrected chi connectivity index (χ4v) is 1.24. The third kappa shape index (κ3) is 1.44. The van der Waals surface area contributed by atoms with E-state index in [-0.39, 0.29) is 0 Å². The van der Waals surface area contributed by atoms with Crippen LogP contribution in [0.2, 0.25) is 0 Å². The highest BCUT2D eigenvalue weighted by molar-refractivity contribution is 5.38. The molecule has 12 heavy (non-hydrogen) atoms. The number of nitrogens with two attached hydrogens (primary N) is 1. The summed E-state index contributed by atoms with van der Waals surface area (Å²) in [6.07, 6.45) is 1.81. The zero-order valence-corrected chi connectivity index (χ0v) is 8.20. The van der Waals surface area contributed by atoms with Gasteiger partial charge in [0.2, 0.25) is 0 Å². The molecule has 0 bridgehead atoms. The number of nitrogens with zero attached hydrogens (tertiary/aromatic N) is 2. The van der Waals surface area contributed by atoms with Crippen molar-refractivity contribution in [1.82, 2.24) is 9.55 Å². The molecule has 0 saturated heterocycles. The third-order valence-electron chi connectivity index (χ3n) is 1.97. The summed E-state index contributed by atoms with van der Waals surface area (Å²) in [6.45, 7) is 8.40. The summed E-state index contributed by atoms with van der Waals surface area (Å²) < 4.78 is 2.00. The number of anilines is 1.